The van der Waals surface area contributed by atoms with Crippen LogP contribution in [0.2, 0.25) is 0 Å². The molecule has 0 unspecified atom stereocenters. The van der Waals surface area contributed by atoms with Gasteiger partial charge in [-0.1, -0.05) is 25.1 Å². The number of nitriles is 1. The number of hydrogen-bond donors (Lipinski definition) is 2. The smallest absolute Gasteiger partial charge is 0.228 e. The SMILES string of the molecule is CCc1nc2ccc(CC(=O)Nc3ccccc3C#N)cc2[nH]1. The number of amides is 1. The van der Waals surface area contributed by atoms with Gasteiger partial charge in [-0.05, 0) is 29.8 Å². The Morgan fingerprint density at radius 2 is 2.13 bits per heavy atom. The van der Waals surface area contributed by atoms with Crippen LogP contribution in [0.1, 0.15) is 23.9 Å². The summed E-state index contributed by atoms with van der Waals surface area (Å²) in [5, 5.41) is 11.8. The molecule has 0 aliphatic heterocycles. The van der Waals surface area contributed by atoms with Gasteiger partial charge in [0.15, 0.2) is 0 Å². The lowest BCUT2D eigenvalue weighted by Gasteiger charge is -2.07. The molecule has 0 aliphatic rings. The van der Waals surface area contributed by atoms with Crippen molar-refractivity contribution in [3.05, 3.63) is 59.4 Å². The van der Waals surface area contributed by atoms with E-state index in [2.05, 4.69) is 21.4 Å². The van der Waals surface area contributed by atoms with E-state index in [1.165, 1.54) is 0 Å². The minimum Gasteiger partial charge on any atom is -0.342 e. The first kappa shape index (κ1) is 14.8. The molecule has 0 aliphatic carbocycles. The molecule has 1 heterocycles. The Morgan fingerprint density at radius 3 is 2.91 bits per heavy atom. The summed E-state index contributed by atoms with van der Waals surface area (Å²) in [4.78, 5) is 19.9. The van der Waals surface area contributed by atoms with Crippen molar-refractivity contribution >= 4 is 22.6 Å². The average Bonchev–Trinajstić information content (AvgIpc) is 2.97. The molecule has 3 rings (SSSR count). The number of H-pyrrole nitrogens is 1. The molecule has 0 radical (unpaired) electrons. The van der Waals surface area contributed by atoms with E-state index in [1.807, 2.05) is 25.1 Å². The van der Waals surface area contributed by atoms with Crippen molar-refractivity contribution in [1.29, 1.82) is 5.26 Å². The predicted molar refractivity (Wildman–Crippen MR) is 89.0 cm³/mol. The van der Waals surface area contributed by atoms with Gasteiger partial charge in [0.1, 0.15) is 11.9 Å². The van der Waals surface area contributed by atoms with Crippen LogP contribution in [-0.4, -0.2) is 15.9 Å². The number of benzene rings is 2. The third-order valence-electron chi connectivity index (χ3n) is 3.62. The fourth-order valence-corrected chi connectivity index (χ4v) is 2.46. The van der Waals surface area contributed by atoms with Crippen molar-refractivity contribution in [1.82, 2.24) is 9.97 Å². The molecule has 0 saturated heterocycles. The normalized spacial score (nSPS) is 10.4. The summed E-state index contributed by atoms with van der Waals surface area (Å²) in [6.45, 7) is 2.04. The number of nitrogens with zero attached hydrogens (tertiary/aromatic N) is 2. The van der Waals surface area contributed by atoms with E-state index in [4.69, 9.17) is 5.26 Å². The molecule has 0 saturated carbocycles. The maximum Gasteiger partial charge on any atom is 0.228 e. The molecular weight excluding hydrogens is 288 g/mol. The van der Waals surface area contributed by atoms with Crippen molar-refractivity contribution in [3.63, 3.8) is 0 Å². The molecule has 2 N–H and O–H groups in total. The quantitative estimate of drug-likeness (QED) is 0.776. The monoisotopic (exact) mass is 304 g/mol. The van der Waals surface area contributed by atoms with Crippen LogP contribution < -0.4 is 5.32 Å². The molecule has 0 spiro atoms. The molecular formula is C18H16N4O. The second-order valence-corrected chi connectivity index (χ2v) is 5.27. The number of anilines is 1. The topological polar surface area (TPSA) is 81.6 Å². The number of fused-ring (bicyclic) bond motifs is 1. The summed E-state index contributed by atoms with van der Waals surface area (Å²) in [5.41, 5.74) is 3.73. The van der Waals surface area contributed by atoms with Gasteiger partial charge in [-0.25, -0.2) is 4.98 Å². The van der Waals surface area contributed by atoms with Crippen molar-refractivity contribution < 1.29 is 4.79 Å². The number of rotatable bonds is 4. The maximum atomic E-state index is 12.2. The van der Waals surface area contributed by atoms with Crippen molar-refractivity contribution in [2.24, 2.45) is 0 Å². The molecule has 1 amide bonds. The molecule has 114 valence electrons. The lowest BCUT2D eigenvalue weighted by atomic mass is 10.1. The highest BCUT2D eigenvalue weighted by Gasteiger charge is 2.09. The Balaban J connectivity index is 1.76. The van der Waals surface area contributed by atoms with Gasteiger partial charge in [0.2, 0.25) is 5.91 Å². The predicted octanol–water partition coefficient (Wildman–Crippen LogP) is 3.18. The summed E-state index contributed by atoms with van der Waals surface area (Å²) < 4.78 is 0. The Bertz CT molecular complexity index is 905. The molecule has 3 aromatic rings. The Morgan fingerprint density at radius 1 is 1.30 bits per heavy atom. The summed E-state index contributed by atoms with van der Waals surface area (Å²) >= 11 is 0. The first-order chi connectivity index (χ1) is 11.2. The molecule has 2 aromatic carbocycles. The van der Waals surface area contributed by atoms with Crippen LogP contribution in [0.5, 0.6) is 0 Å². The molecule has 0 fully saturated rings. The van der Waals surface area contributed by atoms with Crippen LogP contribution in [0.15, 0.2) is 42.5 Å². The number of aromatic nitrogens is 2. The van der Waals surface area contributed by atoms with E-state index in [-0.39, 0.29) is 12.3 Å². The summed E-state index contributed by atoms with van der Waals surface area (Å²) in [6.07, 6.45) is 1.09. The van der Waals surface area contributed by atoms with Gasteiger partial charge in [-0.3, -0.25) is 4.79 Å². The Hall–Kier alpha value is -3.13. The average molecular weight is 304 g/mol. The van der Waals surface area contributed by atoms with Crippen LogP contribution in [0, 0.1) is 11.3 Å². The molecule has 0 bridgehead atoms. The Labute approximate surface area is 134 Å². The van der Waals surface area contributed by atoms with Crippen molar-refractivity contribution in [2.75, 3.05) is 5.32 Å². The van der Waals surface area contributed by atoms with Gasteiger partial charge in [-0.2, -0.15) is 5.26 Å². The van der Waals surface area contributed by atoms with E-state index in [1.54, 1.807) is 24.3 Å². The van der Waals surface area contributed by atoms with Crippen LogP contribution in [0.3, 0.4) is 0 Å². The van der Waals surface area contributed by atoms with Crippen molar-refractivity contribution in [3.8, 4) is 6.07 Å². The maximum absolute atomic E-state index is 12.2. The van der Waals surface area contributed by atoms with E-state index in [9.17, 15) is 4.79 Å². The molecule has 23 heavy (non-hydrogen) atoms. The summed E-state index contributed by atoms with van der Waals surface area (Å²) in [6, 6.07) is 14.8. The summed E-state index contributed by atoms with van der Waals surface area (Å²) in [5.74, 6) is 0.784. The highest BCUT2D eigenvalue weighted by molar-refractivity contribution is 5.94. The van der Waals surface area contributed by atoms with Gasteiger partial charge < -0.3 is 10.3 Å². The van der Waals surface area contributed by atoms with E-state index < -0.39 is 0 Å². The van der Waals surface area contributed by atoms with Gasteiger partial charge in [-0.15, -0.1) is 0 Å². The lowest BCUT2D eigenvalue weighted by molar-refractivity contribution is -0.115. The summed E-state index contributed by atoms with van der Waals surface area (Å²) in [7, 11) is 0. The zero-order chi connectivity index (χ0) is 16.2. The van der Waals surface area contributed by atoms with E-state index >= 15 is 0 Å². The number of aromatic amines is 1. The van der Waals surface area contributed by atoms with Gasteiger partial charge in [0, 0.05) is 6.42 Å². The highest BCUT2D eigenvalue weighted by Crippen LogP contribution is 2.17. The van der Waals surface area contributed by atoms with E-state index in [0.717, 1.165) is 28.8 Å². The number of para-hydroxylation sites is 1. The number of aryl methyl sites for hydroxylation is 1. The molecule has 5 heteroatoms. The lowest BCUT2D eigenvalue weighted by Crippen LogP contribution is -2.15. The minimum atomic E-state index is -0.151. The molecule has 5 nitrogen and oxygen atoms in total. The fourth-order valence-electron chi connectivity index (χ4n) is 2.46. The van der Waals surface area contributed by atoms with Gasteiger partial charge in [0.05, 0.1) is 28.7 Å². The van der Waals surface area contributed by atoms with Crippen LogP contribution in [0.4, 0.5) is 5.69 Å². The van der Waals surface area contributed by atoms with Crippen molar-refractivity contribution in [2.45, 2.75) is 19.8 Å². The number of carbonyl (C=O) groups is 1. The second-order valence-electron chi connectivity index (χ2n) is 5.27. The number of hydrogen-bond acceptors (Lipinski definition) is 3. The number of carbonyl (C=O) groups excluding carboxylic acids is 1. The first-order valence-corrected chi connectivity index (χ1v) is 7.46. The van der Waals surface area contributed by atoms with E-state index in [0.29, 0.717) is 11.3 Å². The van der Waals surface area contributed by atoms with Crippen LogP contribution in [0.25, 0.3) is 11.0 Å². The fraction of sp³-hybridized carbons (Fsp3) is 0.167. The third kappa shape index (κ3) is 3.22. The second kappa shape index (κ2) is 6.32. The highest BCUT2D eigenvalue weighted by atomic mass is 16.1. The van der Waals surface area contributed by atoms with Crippen LogP contribution >= 0.6 is 0 Å². The largest absolute Gasteiger partial charge is 0.342 e. The zero-order valence-corrected chi connectivity index (χ0v) is 12.8. The molecule has 0 atom stereocenters. The number of imidazole rings is 1. The van der Waals surface area contributed by atoms with Gasteiger partial charge >= 0.3 is 0 Å². The first-order valence-electron chi connectivity index (χ1n) is 7.46. The number of nitrogens with one attached hydrogen (secondary N) is 2. The standard InChI is InChI=1S/C18H16N4O/c1-2-17-20-15-8-7-12(9-16(15)21-17)10-18(23)22-14-6-4-3-5-13(14)11-19/h3-9H,2,10H2,1H3,(H,20,21)(H,22,23). The minimum absolute atomic E-state index is 0.151. The molecule has 1 aromatic heterocycles. The zero-order valence-electron chi connectivity index (χ0n) is 12.8. The Kier molecular flexibility index (Phi) is 4.07. The third-order valence-corrected chi connectivity index (χ3v) is 3.62. The van der Waals surface area contributed by atoms with Crippen LogP contribution in [-0.2, 0) is 17.6 Å². The van der Waals surface area contributed by atoms with Gasteiger partial charge in [0.25, 0.3) is 0 Å².